The van der Waals surface area contributed by atoms with Gasteiger partial charge in [-0.05, 0) is 40.7 Å². The summed E-state index contributed by atoms with van der Waals surface area (Å²) in [4.78, 5) is 0. The molecule has 1 unspecified atom stereocenters. The Morgan fingerprint density at radius 3 is 2.43 bits per heavy atom. The molecule has 5 heteroatoms. The molecule has 0 aliphatic carbocycles. The molecule has 0 radical (unpaired) electrons. The van der Waals surface area contributed by atoms with E-state index in [9.17, 15) is 9.50 Å². The van der Waals surface area contributed by atoms with E-state index in [4.69, 9.17) is 0 Å². The zero-order chi connectivity index (χ0) is 15.7. The molecular formula is C16H22FN3O. The van der Waals surface area contributed by atoms with Gasteiger partial charge in [-0.3, -0.25) is 4.68 Å². The first-order valence-electron chi connectivity index (χ1n) is 7.12. The highest BCUT2D eigenvalue weighted by Crippen LogP contribution is 2.28. The van der Waals surface area contributed by atoms with Crippen molar-refractivity contribution in [3.05, 3.63) is 41.0 Å². The van der Waals surface area contributed by atoms with E-state index in [1.165, 1.54) is 6.07 Å². The van der Waals surface area contributed by atoms with Gasteiger partial charge in [0.25, 0.3) is 0 Å². The third kappa shape index (κ3) is 3.01. The second-order valence-corrected chi connectivity index (χ2v) is 5.66. The Morgan fingerprint density at radius 2 is 1.90 bits per heavy atom. The number of aromatic hydroxyl groups is 1. The molecule has 0 bridgehead atoms. The molecule has 2 N–H and O–H groups in total. The van der Waals surface area contributed by atoms with E-state index in [0.29, 0.717) is 5.56 Å². The van der Waals surface area contributed by atoms with Crippen molar-refractivity contribution < 1.29 is 9.50 Å². The van der Waals surface area contributed by atoms with Crippen LogP contribution >= 0.6 is 0 Å². The van der Waals surface area contributed by atoms with Gasteiger partial charge in [-0.2, -0.15) is 5.10 Å². The number of benzene rings is 1. The number of phenols is 1. The molecule has 0 fully saturated rings. The molecule has 2 aromatic rings. The van der Waals surface area contributed by atoms with Crippen molar-refractivity contribution in [2.45, 2.75) is 46.7 Å². The molecule has 2 rings (SSSR count). The zero-order valence-corrected chi connectivity index (χ0v) is 13.1. The van der Waals surface area contributed by atoms with Crippen LogP contribution in [0.1, 0.15) is 49.8 Å². The van der Waals surface area contributed by atoms with Crippen LogP contribution in [0.3, 0.4) is 0 Å². The van der Waals surface area contributed by atoms with Crippen molar-refractivity contribution in [1.82, 2.24) is 9.78 Å². The van der Waals surface area contributed by atoms with Crippen molar-refractivity contribution in [1.29, 1.82) is 0 Å². The lowest BCUT2D eigenvalue weighted by molar-refractivity contribution is 0.467. The molecule has 0 aliphatic heterocycles. The first kappa shape index (κ1) is 15.4. The Bertz CT molecular complexity index is 649. The van der Waals surface area contributed by atoms with Crippen LogP contribution in [0.15, 0.2) is 18.2 Å². The number of phenolic OH excluding ortho intramolecular Hbond substituents is 1. The van der Waals surface area contributed by atoms with Gasteiger partial charge in [0.1, 0.15) is 11.6 Å². The summed E-state index contributed by atoms with van der Waals surface area (Å²) in [7, 11) is 0. The summed E-state index contributed by atoms with van der Waals surface area (Å²) in [6.07, 6.45) is 0. The van der Waals surface area contributed by atoms with Gasteiger partial charge in [0.05, 0.1) is 23.1 Å². The molecule has 114 valence electrons. The van der Waals surface area contributed by atoms with Crippen LogP contribution in [-0.4, -0.2) is 14.9 Å². The van der Waals surface area contributed by atoms with E-state index in [-0.39, 0.29) is 17.8 Å². The topological polar surface area (TPSA) is 50.1 Å². The standard InChI is InChI=1S/C16H22FN3O/c1-9(2)20-12(5)16(11(4)19-20)18-10(3)14-7-6-13(21)8-15(14)17/h6-10,18,21H,1-5H3. The third-order valence-corrected chi connectivity index (χ3v) is 3.63. The van der Waals surface area contributed by atoms with Crippen molar-refractivity contribution in [3.8, 4) is 5.75 Å². The molecule has 0 aliphatic rings. The van der Waals surface area contributed by atoms with E-state index < -0.39 is 5.82 Å². The van der Waals surface area contributed by atoms with Crippen LogP contribution < -0.4 is 5.32 Å². The Balaban J connectivity index is 2.29. The maximum atomic E-state index is 13.9. The first-order chi connectivity index (χ1) is 9.81. The van der Waals surface area contributed by atoms with E-state index >= 15 is 0 Å². The van der Waals surface area contributed by atoms with Crippen LogP contribution in [0.4, 0.5) is 10.1 Å². The lowest BCUT2D eigenvalue weighted by Gasteiger charge is -2.17. The fourth-order valence-electron chi connectivity index (χ4n) is 2.54. The van der Waals surface area contributed by atoms with Crippen molar-refractivity contribution in [2.24, 2.45) is 0 Å². The molecule has 4 nitrogen and oxygen atoms in total. The highest BCUT2D eigenvalue weighted by atomic mass is 19.1. The third-order valence-electron chi connectivity index (χ3n) is 3.63. The van der Waals surface area contributed by atoms with Gasteiger partial charge < -0.3 is 10.4 Å². The minimum atomic E-state index is -0.415. The van der Waals surface area contributed by atoms with Crippen molar-refractivity contribution in [2.75, 3.05) is 5.32 Å². The van der Waals surface area contributed by atoms with Gasteiger partial charge in [0.2, 0.25) is 0 Å². The molecule has 21 heavy (non-hydrogen) atoms. The number of nitrogens with one attached hydrogen (secondary N) is 1. The number of rotatable bonds is 4. The molecule has 1 heterocycles. The predicted octanol–water partition coefficient (Wildman–Crippen LogP) is 4.10. The summed E-state index contributed by atoms with van der Waals surface area (Å²) >= 11 is 0. The largest absolute Gasteiger partial charge is 0.508 e. The van der Waals surface area contributed by atoms with Crippen LogP contribution in [0.25, 0.3) is 0 Å². The van der Waals surface area contributed by atoms with E-state index in [1.54, 1.807) is 6.07 Å². The lowest BCUT2D eigenvalue weighted by atomic mass is 10.1. The van der Waals surface area contributed by atoms with Gasteiger partial charge in [0.15, 0.2) is 0 Å². The van der Waals surface area contributed by atoms with Gasteiger partial charge in [0, 0.05) is 17.7 Å². The minimum absolute atomic E-state index is 0.0663. The van der Waals surface area contributed by atoms with E-state index in [1.807, 2.05) is 25.5 Å². The normalized spacial score (nSPS) is 12.7. The summed E-state index contributed by atoms with van der Waals surface area (Å²) in [5.74, 6) is -0.481. The minimum Gasteiger partial charge on any atom is -0.508 e. The lowest BCUT2D eigenvalue weighted by Crippen LogP contribution is -2.10. The average molecular weight is 291 g/mol. The molecule has 0 saturated heterocycles. The second kappa shape index (κ2) is 5.76. The monoisotopic (exact) mass is 291 g/mol. The first-order valence-corrected chi connectivity index (χ1v) is 7.12. The fourth-order valence-corrected chi connectivity index (χ4v) is 2.54. The number of anilines is 1. The van der Waals surface area contributed by atoms with Crippen molar-refractivity contribution in [3.63, 3.8) is 0 Å². The average Bonchev–Trinajstić information content (AvgIpc) is 2.66. The van der Waals surface area contributed by atoms with Crippen LogP contribution in [0.2, 0.25) is 0 Å². The summed E-state index contributed by atoms with van der Waals surface area (Å²) in [6.45, 7) is 9.98. The molecular weight excluding hydrogens is 269 g/mol. The Kier molecular flexibility index (Phi) is 4.21. The number of hydrogen-bond acceptors (Lipinski definition) is 3. The molecule has 1 aromatic heterocycles. The maximum absolute atomic E-state index is 13.9. The predicted molar refractivity (Wildman–Crippen MR) is 82.2 cm³/mol. The van der Waals surface area contributed by atoms with Gasteiger partial charge in [-0.15, -0.1) is 0 Å². The highest BCUT2D eigenvalue weighted by molar-refractivity contribution is 5.54. The Morgan fingerprint density at radius 1 is 1.24 bits per heavy atom. The zero-order valence-electron chi connectivity index (χ0n) is 13.1. The van der Waals surface area contributed by atoms with Crippen molar-refractivity contribution >= 4 is 5.69 Å². The maximum Gasteiger partial charge on any atom is 0.132 e. The van der Waals surface area contributed by atoms with Gasteiger partial charge >= 0.3 is 0 Å². The van der Waals surface area contributed by atoms with Crippen LogP contribution in [-0.2, 0) is 0 Å². The molecule has 1 atom stereocenters. The number of hydrogen-bond donors (Lipinski definition) is 2. The quantitative estimate of drug-likeness (QED) is 0.891. The van der Waals surface area contributed by atoms with E-state index in [2.05, 4.69) is 24.3 Å². The summed E-state index contributed by atoms with van der Waals surface area (Å²) in [6, 6.07) is 4.28. The SMILES string of the molecule is Cc1nn(C(C)C)c(C)c1NC(C)c1ccc(O)cc1F. The summed E-state index contributed by atoms with van der Waals surface area (Å²) in [5.41, 5.74) is 3.38. The Hall–Kier alpha value is -2.04. The molecule has 1 aromatic carbocycles. The number of aryl methyl sites for hydroxylation is 1. The second-order valence-electron chi connectivity index (χ2n) is 5.66. The Labute approximate surface area is 124 Å². The molecule has 0 spiro atoms. The van der Waals surface area contributed by atoms with Gasteiger partial charge in [-0.1, -0.05) is 6.07 Å². The summed E-state index contributed by atoms with van der Waals surface area (Å²) < 4.78 is 15.9. The van der Waals surface area contributed by atoms with Crippen LogP contribution in [0, 0.1) is 19.7 Å². The van der Waals surface area contributed by atoms with Crippen LogP contribution in [0.5, 0.6) is 5.75 Å². The number of nitrogens with zero attached hydrogens (tertiary/aromatic N) is 2. The van der Waals surface area contributed by atoms with Gasteiger partial charge in [-0.25, -0.2) is 4.39 Å². The highest BCUT2D eigenvalue weighted by Gasteiger charge is 2.17. The number of aromatic nitrogens is 2. The summed E-state index contributed by atoms with van der Waals surface area (Å²) in [5, 5.41) is 17.1. The number of halogens is 1. The smallest absolute Gasteiger partial charge is 0.132 e. The van der Waals surface area contributed by atoms with E-state index in [0.717, 1.165) is 23.1 Å². The molecule has 0 saturated carbocycles. The molecule has 0 amide bonds. The fraction of sp³-hybridized carbons (Fsp3) is 0.438.